The van der Waals surface area contributed by atoms with Crippen molar-refractivity contribution in [2.75, 3.05) is 19.8 Å². The molecule has 0 aliphatic carbocycles. The summed E-state index contributed by atoms with van der Waals surface area (Å²) in [4.78, 5) is 27.6. The zero-order chi connectivity index (χ0) is 45.3. The van der Waals surface area contributed by atoms with Crippen LogP contribution in [0.15, 0.2) is 142 Å². The Morgan fingerprint density at radius 2 is 1.05 bits per heavy atom. The van der Waals surface area contributed by atoms with E-state index in [0.29, 0.717) is 18.1 Å². The highest BCUT2D eigenvalue weighted by atomic mass is 32.2. The van der Waals surface area contributed by atoms with E-state index < -0.39 is 49.7 Å². The van der Waals surface area contributed by atoms with Crippen molar-refractivity contribution in [1.29, 1.82) is 0 Å². The molecule has 0 saturated heterocycles. The van der Waals surface area contributed by atoms with Crippen molar-refractivity contribution < 1.29 is 59.4 Å². The molecule has 0 heterocycles. The third-order valence-corrected chi connectivity index (χ3v) is 11.3. The third-order valence-electron chi connectivity index (χ3n) is 8.49. The highest BCUT2D eigenvalue weighted by Gasteiger charge is 2.37. The van der Waals surface area contributed by atoms with Gasteiger partial charge >= 0.3 is 17.4 Å². The van der Waals surface area contributed by atoms with E-state index in [2.05, 4.69) is 60.7 Å². The molecule has 328 valence electrons. The number of para-hydroxylation sites is 1. The molecule has 0 spiro atoms. The Labute approximate surface area is 362 Å². The lowest BCUT2D eigenvalue weighted by Crippen LogP contribution is -2.27. The molecule has 6 aromatic rings. The summed E-state index contributed by atoms with van der Waals surface area (Å²) in [6.45, 7) is 11.1. The first-order chi connectivity index (χ1) is 29.1. The molecule has 0 N–H and O–H groups in total. The molecule has 0 amide bonds. The number of alkyl halides is 3. The maximum Gasteiger partial charge on any atom is 0.485 e. The molecule has 62 heavy (non-hydrogen) atoms. The molecule has 15 heteroatoms. The van der Waals surface area contributed by atoms with Crippen molar-refractivity contribution in [3.05, 3.63) is 133 Å². The lowest BCUT2D eigenvalue weighted by atomic mass is 9.98. The maximum atomic E-state index is 12.3. The number of esters is 2. The molecule has 0 aliphatic heterocycles. The molecule has 0 aliphatic rings. The summed E-state index contributed by atoms with van der Waals surface area (Å²) in [7, 11) is -6.69. The lowest BCUT2D eigenvalue weighted by Gasteiger charge is -2.19. The third kappa shape index (κ3) is 13.9. The number of rotatable bonds is 13. The van der Waals surface area contributed by atoms with Gasteiger partial charge in [-0.05, 0) is 141 Å². The van der Waals surface area contributed by atoms with Gasteiger partial charge in [-0.25, -0.2) is 18.0 Å². The van der Waals surface area contributed by atoms with Crippen LogP contribution in [-0.2, 0) is 46.5 Å². The normalized spacial score (nSPS) is 12.0. The fourth-order valence-electron chi connectivity index (χ4n) is 6.02. The predicted molar refractivity (Wildman–Crippen MR) is 231 cm³/mol. The molecule has 0 saturated carbocycles. The second-order valence-corrected chi connectivity index (χ2v) is 19.1. The van der Waals surface area contributed by atoms with Gasteiger partial charge in [0, 0.05) is 6.42 Å². The molecule has 0 aromatic heterocycles. The summed E-state index contributed by atoms with van der Waals surface area (Å²) in [6, 6.07) is 43.1. The van der Waals surface area contributed by atoms with Gasteiger partial charge in [-0.3, -0.25) is 0 Å². The number of hydrogen-bond donors (Lipinski definition) is 0. The molecule has 0 atom stereocenters. The van der Waals surface area contributed by atoms with Crippen LogP contribution in [-0.4, -0.2) is 61.4 Å². The molecule has 0 radical (unpaired) electrons. The number of carbonyl (C=O) groups excluding carboxylic acids is 2. The van der Waals surface area contributed by atoms with Crippen molar-refractivity contribution in [3.8, 4) is 17.2 Å². The summed E-state index contributed by atoms with van der Waals surface area (Å²) >= 11 is 0. The van der Waals surface area contributed by atoms with Gasteiger partial charge in [-0.1, -0.05) is 54.6 Å². The minimum Gasteiger partial charge on any atom is -0.741 e. The van der Waals surface area contributed by atoms with Crippen molar-refractivity contribution in [3.63, 3.8) is 0 Å². The van der Waals surface area contributed by atoms with Crippen LogP contribution in [0.2, 0.25) is 0 Å². The van der Waals surface area contributed by atoms with Crippen LogP contribution >= 0.6 is 0 Å². The van der Waals surface area contributed by atoms with Crippen LogP contribution in [0.3, 0.4) is 0 Å². The van der Waals surface area contributed by atoms with E-state index in [9.17, 15) is 22.8 Å². The first-order valence-corrected chi connectivity index (χ1v) is 22.0. The van der Waals surface area contributed by atoms with Gasteiger partial charge in [0.25, 0.3) is 0 Å². The van der Waals surface area contributed by atoms with Crippen LogP contribution in [0.1, 0.15) is 47.1 Å². The number of fused-ring (bicyclic) bond motifs is 2. The van der Waals surface area contributed by atoms with Crippen LogP contribution in [0.5, 0.6) is 17.2 Å². The smallest absolute Gasteiger partial charge is 0.485 e. The maximum absolute atomic E-state index is 12.3. The molecule has 0 fully saturated rings. The molecule has 0 unspecified atom stereocenters. The van der Waals surface area contributed by atoms with Gasteiger partial charge in [0.15, 0.2) is 38.9 Å². The molecule has 6 aromatic carbocycles. The van der Waals surface area contributed by atoms with Gasteiger partial charge < -0.3 is 28.2 Å². The average molecular weight is 893 g/mol. The Bertz CT molecular complexity index is 2510. The van der Waals surface area contributed by atoms with E-state index >= 15 is 0 Å². The van der Waals surface area contributed by atoms with Crippen LogP contribution in [0.25, 0.3) is 21.5 Å². The van der Waals surface area contributed by atoms with Gasteiger partial charge in [-0.15, -0.1) is 0 Å². The Kier molecular flexibility index (Phi) is 15.2. The summed E-state index contributed by atoms with van der Waals surface area (Å²) in [5, 5.41) is 4.89. The van der Waals surface area contributed by atoms with Crippen molar-refractivity contribution in [2.45, 2.75) is 79.4 Å². The molecule has 10 nitrogen and oxygen atoms in total. The monoisotopic (exact) mass is 892 g/mol. The Morgan fingerprint density at radius 3 is 1.53 bits per heavy atom. The summed E-state index contributed by atoms with van der Waals surface area (Å²) in [5.41, 5.74) is -5.59. The van der Waals surface area contributed by atoms with E-state index in [1.165, 1.54) is 27.1 Å². The topological polar surface area (TPSA) is 137 Å². The zero-order valence-corrected chi connectivity index (χ0v) is 36.6. The number of carbonyl (C=O) groups is 2. The first-order valence-electron chi connectivity index (χ1n) is 19.3. The van der Waals surface area contributed by atoms with E-state index in [1.54, 1.807) is 0 Å². The largest absolute Gasteiger partial charge is 0.741 e. The summed E-state index contributed by atoms with van der Waals surface area (Å²) < 4.78 is 87.9. The van der Waals surface area contributed by atoms with Crippen molar-refractivity contribution in [1.82, 2.24) is 0 Å². The zero-order valence-electron chi connectivity index (χ0n) is 35.0. The van der Waals surface area contributed by atoms with Gasteiger partial charge in [-0.2, -0.15) is 13.2 Å². The van der Waals surface area contributed by atoms with E-state index in [1.807, 2.05) is 108 Å². The molecule has 0 bridgehead atoms. The van der Waals surface area contributed by atoms with Crippen LogP contribution < -0.4 is 14.2 Å². The predicted octanol–water partition coefficient (Wildman–Crippen LogP) is 10.2. The van der Waals surface area contributed by atoms with Crippen LogP contribution in [0.4, 0.5) is 13.2 Å². The lowest BCUT2D eigenvalue weighted by molar-refractivity contribution is -0.158. The summed E-state index contributed by atoms with van der Waals surface area (Å²) in [6.07, 6.45) is 0.741. The molecular formula is C47H47F3O10S2. The fourth-order valence-corrected chi connectivity index (χ4v) is 8.16. The van der Waals surface area contributed by atoms with Crippen molar-refractivity contribution >= 4 is 54.5 Å². The Morgan fingerprint density at radius 1 is 0.597 bits per heavy atom. The van der Waals surface area contributed by atoms with Gasteiger partial charge in [0.2, 0.25) is 4.90 Å². The number of halogens is 3. The highest BCUT2D eigenvalue weighted by molar-refractivity contribution is 7.97. The van der Waals surface area contributed by atoms with Crippen LogP contribution in [0, 0.1) is 0 Å². The Hall–Kier alpha value is -5.77. The SMILES string of the molecule is CC(C)(C)OC(=O)COc1ccc([S+](c2ccc(OCC(=O)OC(C)(C)C)cc2)c2ccccc2OCCc2cccc3cc4ccccc4cc23)cc1.O=S(=O)([O-])C(F)(F)F. The van der Waals surface area contributed by atoms with E-state index in [-0.39, 0.29) is 13.2 Å². The fraction of sp³-hybridized carbons (Fsp3) is 0.277. The average Bonchev–Trinajstić information content (AvgIpc) is 3.18. The quantitative estimate of drug-likeness (QED) is 0.0362. The number of hydrogen-bond acceptors (Lipinski definition) is 10. The van der Waals surface area contributed by atoms with Gasteiger partial charge in [0.1, 0.15) is 33.6 Å². The second kappa shape index (κ2) is 20.0. The van der Waals surface area contributed by atoms with Gasteiger partial charge in [0.05, 0.1) is 6.61 Å². The van der Waals surface area contributed by atoms with E-state index in [0.717, 1.165) is 26.9 Å². The van der Waals surface area contributed by atoms with E-state index in [4.69, 9.17) is 36.7 Å². The Balaban J connectivity index is 0.000000826. The summed E-state index contributed by atoms with van der Waals surface area (Å²) in [5.74, 6) is 1.06. The number of benzene rings is 6. The highest BCUT2D eigenvalue weighted by Crippen LogP contribution is 2.38. The molecular weight excluding hydrogens is 846 g/mol. The minimum atomic E-state index is -6.09. The number of ether oxygens (including phenoxy) is 5. The second-order valence-electron chi connectivity index (χ2n) is 15.8. The first kappa shape index (κ1) is 47.3. The van der Waals surface area contributed by atoms with Crippen molar-refractivity contribution in [2.24, 2.45) is 0 Å². The minimum absolute atomic E-state index is 0.184. The standard InChI is InChI=1S/C46H47O7S.CHF3O3S/c1-45(2,3)52-43(47)30-50-36-18-22-38(23-19-36)54(39-24-20-37(21-25-39)51-31-44(48)53-46(4,5)6)42-17-10-9-16-41(42)49-27-26-32-14-11-15-35-28-33-12-7-8-13-34(33)29-40(32)35;2-1(3,4)8(5,6)7/h7-25,28-29H,26-27,30-31H2,1-6H3;(H,5,6,7)/q+1;/p-1. The molecule has 6 rings (SSSR count).